The molecule has 6 atom stereocenters. The van der Waals surface area contributed by atoms with Crippen LogP contribution in [-0.2, 0) is 9.53 Å². The number of epoxide rings is 1. The Bertz CT molecular complexity index is 412. The van der Waals surface area contributed by atoms with Crippen LogP contribution < -0.4 is 5.32 Å². The standard InChI is InChI=1S/C18H33NO4/c1-6-12(3)15(11-20)19-16(22)8-9-18(5)17(23-18)13(4)10-14(21)7-2/h8-9,12-15,17,20-21H,6-7,10-11H2,1-5H3,(H,19,22)/t12-,13-,14+,15+,17-,18+/m0/s1. The average Bonchev–Trinajstić information content (AvgIpc) is 3.22. The smallest absolute Gasteiger partial charge is 0.244 e. The maximum atomic E-state index is 12.0. The highest BCUT2D eigenvalue weighted by Gasteiger charge is 2.53. The van der Waals surface area contributed by atoms with Crippen LogP contribution in [0.1, 0.15) is 53.9 Å². The highest BCUT2D eigenvalue weighted by Crippen LogP contribution is 2.43. The van der Waals surface area contributed by atoms with Crippen LogP contribution in [0.2, 0.25) is 0 Å². The minimum absolute atomic E-state index is 0.0379. The van der Waals surface area contributed by atoms with Gasteiger partial charge in [-0.05, 0) is 37.7 Å². The molecule has 0 aromatic heterocycles. The molecular formula is C18H33NO4. The van der Waals surface area contributed by atoms with E-state index in [0.29, 0.717) is 6.42 Å². The van der Waals surface area contributed by atoms with Crippen LogP contribution in [0.5, 0.6) is 0 Å². The van der Waals surface area contributed by atoms with E-state index in [4.69, 9.17) is 4.74 Å². The summed E-state index contributed by atoms with van der Waals surface area (Å²) in [6.45, 7) is 9.96. The number of hydrogen-bond donors (Lipinski definition) is 3. The summed E-state index contributed by atoms with van der Waals surface area (Å²) in [4.78, 5) is 12.0. The molecule has 0 spiro atoms. The fraction of sp³-hybridized carbons (Fsp3) is 0.833. The van der Waals surface area contributed by atoms with Crippen molar-refractivity contribution in [2.75, 3.05) is 6.61 Å². The van der Waals surface area contributed by atoms with E-state index >= 15 is 0 Å². The van der Waals surface area contributed by atoms with Crippen LogP contribution in [0, 0.1) is 11.8 Å². The fourth-order valence-corrected chi connectivity index (χ4v) is 2.90. The van der Waals surface area contributed by atoms with Crippen molar-refractivity contribution in [1.82, 2.24) is 5.32 Å². The predicted molar refractivity (Wildman–Crippen MR) is 91.0 cm³/mol. The van der Waals surface area contributed by atoms with Crippen LogP contribution in [0.25, 0.3) is 0 Å². The lowest BCUT2D eigenvalue weighted by Gasteiger charge is -2.21. The summed E-state index contributed by atoms with van der Waals surface area (Å²) in [7, 11) is 0. The Kier molecular flexibility index (Phi) is 7.71. The second kappa shape index (κ2) is 8.81. The van der Waals surface area contributed by atoms with Crippen LogP contribution in [-0.4, -0.2) is 46.6 Å². The molecule has 0 aromatic rings. The molecule has 0 radical (unpaired) electrons. The van der Waals surface area contributed by atoms with Crippen molar-refractivity contribution in [3.63, 3.8) is 0 Å². The van der Waals surface area contributed by atoms with Crippen LogP contribution >= 0.6 is 0 Å². The molecule has 5 nitrogen and oxygen atoms in total. The summed E-state index contributed by atoms with van der Waals surface area (Å²) < 4.78 is 5.73. The Morgan fingerprint density at radius 1 is 1.35 bits per heavy atom. The predicted octanol–water partition coefficient (Wildman–Crippen LogP) is 2.02. The molecule has 1 fully saturated rings. The molecule has 1 aliphatic rings. The van der Waals surface area contributed by atoms with E-state index in [9.17, 15) is 15.0 Å². The van der Waals surface area contributed by atoms with Gasteiger partial charge in [0, 0.05) is 6.08 Å². The van der Waals surface area contributed by atoms with Crippen LogP contribution in [0.15, 0.2) is 12.2 Å². The zero-order valence-corrected chi connectivity index (χ0v) is 15.1. The number of amides is 1. The van der Waals surface area contributed by atoms with Gasteiger partial charge in [-0.3, -0.25) is 4.79 Å². The van der Waals surface area contributed by atoms with Gasteiger partial charge in [0.25, 0.3) is 0 Å². The molecule has 1 saturated heterocycles. The summed E-state index contributed by atoms with van der Waals surface area (Å²) in [5, 5.41) is 21.9. The maximum Gasteiger partial charge on any atom is 0.244 e. The molecule has 0 unspecified atom stereocenters. The Balaban J connectivity index is 2.49. The summed E-state index contributed by atoms with van der Waals surface area (Å²) in [6.07, 6.45) is 5.36. The summed E-state index contributed by atoms with van der Waals surface area (Å²) in [5.41, 5.74) is -0.435. The van der Waals surface area contributed by atoms with Gasteiger partial charge in [0.2, 0.25) is 5.91 Å². The number of carbonyl (C=O) groups excluding carboxylic acids is 1. The zero-order valence-electron chi connectivity index (χ0n) is 15.1. The number of carbonyl (C=O) groups is 1. The molecule has 0 bridgehead atoms. The van der Waals surface area contributed by atoms with E-state index in [1.807, 2.05) is 27.7 Å². The third-order valence-electron chi connectivity index (χ3n) is 4.94. The van der Waals surface area contributed by atoms with E-state index in [1.165, 1.54) is 6.08 Å². The normalized spacial score (nSPS) is 29.1. The molecule has 134 valence electrons. The van der Waals surface area contributed by atoms with Crippen molar-refractivity contribution in [1.29, 1.82) is 0 Å². The topological polar surface area (TPSA) is 82.1 Å². The lowest BCUT2D eigenvalue weighted by Crippen LogP contribution is -2.41. The van der Waals surface area contributed by atoms with E-state index in [0.717, 1.165) is 12.8 Å². The SMILES string of the molecule is CC[C@@H](O)C[C@H](C)[C@@H]1O[C@]1(C)C=CC(=O)N[C@H](CO)[C@@H](C)CC. The third kappa shape index (κ3) is 5.90. The second-order valence-electron chi connectivity index (χ2n) is 7.01. The van der Waals surface area contributed by atoms with Crippen molar-refractivity contribution in [3.8, 4) is 0 Å². The quantitative estimate of drug-likeness (QED) is 0.423. The first-order valence-corrected chi connectivity index (χ1v) is 8.73. The monoisotopic (exact) mass is 327 g/mol. The van der Waals surface area contributed by atoms with Crippen molar-refractivity contribution in [2.24, 2.45) is 11.8 Å². The highest BCUT2D eigenvalue weighted by molar-refractivity contribution is 5.88. The first-order valence-electron chi connectivity index (χ1n) is 8.73. The first-order chi connectivity index (χ1) is 10.8. The Labute approximate surface area is 140 Å². The molecule has 1 heterocycles. The lowest BCUT2D eigenvalue weighted by atomic mass is 9.91. The number of nitrogens with one attached hydrogen (secondary N) is 1. The number of rotatable bonds is 10. The van der Waals surface area contributed by atoms with Crippen molar-refractivity contribution in [2.45, 2.75) is 77.7 Å². The molecular weight excluding hydrogens is 294 g/mol. The third-order valence-corrected chi connectivity index (χ3v) is 4.94. The molecule has 1 rings (SSSR count). The summed E-state index contributed by atoms with van der Waals surface area (Å²) in [6, 6.07) is -0.223. The maximum absolute atomic E-state index is 12.0. The van der Waals surface area contributed by atoms with E-state index in [2.05, 4.69) is 12.2 Å². The summed E-state index contributed by atoms with van der Waals surface area (Å²) in [5.74, 6) is 0.266. The largest absolute Gasteiger partial charge is 0.394 e. The average molecular weight is 327 g/mol. The first kappa shape index (κ1) is 20.1. The molecule has 5 heteroatoms. The number of aliphatic hydroxyl groups excluding tert-OH is 2. The summed E-state index contributed by atoms with van der Waals surface area (Å²) >= 11 is 0. The van der Waals surface area contributed by atoms with Crippen LogP contribution in [0.3, 0.4) is 0 Å². The lowest BCUT2D eigenvalue weighted by molar-refractivity contribution is -0.117. The molecule has 1 amide bonds. The minimum Gasteiger partial charge on any atom is -0.394 e. The van der Waals surface area contributed by atoms with Gasteiger partial charge in [-0.25, -0.2) is 0 Å². The molecule has 0 saturated carbocycles. The van der Waals surface area contributed by atoms with E-state index < -0.39 is 5.60 Å². The van der Waals surface area contributed by atoms with Gasteiger partial charge in [-0.2, -0.15) is 0 Å². The second-order valence-corrected chi connectivity index (χ2v) is 7.01. The molecule has 0 aromatic carbocycles. The van der Waals surface area contributed by atoms with Gasteiger partial charge in [0.05, 0.1) is 24.9 Å². The van der Waals surface area contributed by atoms with Gasteiger partial charge in [0.1, 0.15) is 5.60 Å². The number of ether oxygens (including phenoxy) is 1. The van der Waals surface area contributed by atoms with Gasteiger partial charge in [-0.15, -0.1) is 0 Å². The Morgan fingerprint density at radius 3 is 2.52 bits per heavy atom. The minimum atomic E-state index is -0.435. The molecule has 3 N–H and O–H groups in total. The van der Waals surface area contributed by atoms with Gasteiger partial charge < -0.3 is 20.3 Å². The molecule has 23 heavy (non-hydrogen) atoms. The Morgan fingerprint density at radius 2 is 2.00 bits per heavy atom. The molecule has 0 aliphatic carbocycles. The van der Waals surface area contributed by atoms with Gasteiger partial charge in [0.15, 0.2) is 0 Å². The van der Waals surface area contributed by atoms with Gasteiger partial charge >= 0.3 is 0 Å². The van der Waals surface area contributed by atoms with Crippen molar-refractivity contribution < 1.29 is 19.7 Å². The number of hydrogen-bond acceptors (Lipinski definition) is 4. The van der Waals surface area contributed by atoms with E-state index in [1.54, 1.807) is 6.08 Å². The van der Waals surface area contributed by atoms with Gasteiger partial charge in [-0.1, -0.05) is 34.1 Å². The van der Waals surface area contributed by atoms with Crippen molar-refractivity contribution >= 4 is 5.91 Å². The molecule has 1 aliphatic heterocycles. The fourth-order valence-electron chi connectivity index (χ4n) is 2.90. The Hall–Kier alpha value is -0.910. The number of aliphatic hydroxyl groups is 2. The van der Waals surface area contributed by atoms with E-state index in [-0.39, 0.29) is 42.6 Å². The highest BCUT2D eigenvalue weighted by atomic mass is 16.6. The van der Waals surface area contributed by atoms with Crippen LogP contribution in [0.4, 0.5) is 0 Å². The van der Waals surface area contributed by atoms with Crippen molar-refractivity contribution in [3.05, 3.63) is 12.2 Å². The zero-order chi connectivity index (χ0) is 17.6.